The van der Waals surface area contributed by atoms with Crippen molar-refractivity contribution in [2.24, 2.45) is 0 Å². The second-order valence-electron chi connectivity index (χ2n) is 8.09. The molecule has 2 aliphatic heterocycles. The Balaban J connectivity index is 1.44. The molecule has 3 amide bonds. The quantitative estimate of drug-likeness (QED) is 0.497. The standard InChI is InChI=1S/C22H30N4O6/c1-15(20(28)23-13-19(27)25-11-5-10-18(25)22(30)31)24-21(29)17-9-6-12-26(17)32-14-16-7-3-2-4-8-16/h2-4,7-8,15,17-18H,5-6,9-14H2,1H3,(H,23,28)(H,24,29)(H,30,31)/t15-,17-,18-/m0/s1. The second kappa shape index (κ2) is 11.1. The predicted molar refractivity (Wildman–Crippen MR) is 114 cm³/mol. The van der Waals surface area contributed by atoms with Crippen molar-refractivity contribution in [3.63, 3.8) is 0 Å². The highest BCUT2D eigenvalue weighted by Crippen LogP contribution is 2.19. The Labute approximate surface area is 186 Å². The maximum atomic E-state index is 12.7. The summed E-state index contributed by atoms with van der Waals surface area (Å²) in [7, 11) is 0. The van der Waals surface area contributed by atoms with Crippen LogP contribution in [0.1, 0.15) is 38.2 Å². The Kier molecular flexibility index (Phi) is 8.18. The summed E-state index contributed by atoms with van der Waals surface area (Å²) in [5.41, 5.74) is 0.999. The molecule has 10 heteroatoms. The Morgan fingerprint density at radius 1 is 1.09 bits per heavy atom. The van der Waals surface area contributed by atoms with Crippen LogP contribution in [0.15, 0.2) is 30.3 Å². The van der Waals surface area contributed by atoms with Crippen molar-refractivity contribution in [1.29, 1.82) is 0 Å². The maximum Gasteiger partial charge on any atom is 0.326 e. The van der Waals surface area contributed by atoms with Crippen LogP contribution in [-0.4, -0.2) is 76.5 Å². The number of hydroxylamine groups is 2. The first-order valence-electron chi connectivity index (χ1n) is 10.9. The molecular formula is C22H30N4O6. The molecular weight excluding hydrogens is 416 g/mol. The molecule has 3 atom stereocenters. The second-order valence-corrected chi connectivity index (χ2v) is 8.09. The summed E-state index contributed by atoms with van der Waals surface area (Å²) < 4.78 is 0. The van der Waals surface area contributed by atoms with Gasteiger partial charge in [-0.1, -0.05) is 30.3 Å². The van der Waals surface area contributed by atoms with Crippen LogP contribution in [0, 0.1) is 0 Å². The lowest BCUT2D eigenvalue weighted by Crippen LogP contribution is -2.52. The minimum atomic E-state index is -1.04. The minimum absolute atomic E-state index is 0.307. The number of nitrogens with zero attached hydrogens (tertiary/aromatic N) is 2. The van der Waals surface area contributed by atoms with Crippen LogP contribution in [0.25, 0.3) is 0 Å². The fourth-order valence-corrected chi connectivity index (χ4v) is 4.00. The van der Waals surface area contributed by atoms with Gasteiger partial charge in [-0.05, 0) is 38.2 Å². The van der Waals surface area contributed by atoms with E-state index in [1.807, 2.05) is 30.3 Å². The molecule has 0 aliphatic carbocycles. The molecule has 1 aromatic carbocycles. The molecule has 0 spiro atoms. The van der Waals surface area contributed by atoms with Gasteiger partial charge in [-0.2, -0.15) is 5.06 Å². The lowest BCUT2D eigenvalue weighted by atomic mass is 10.2. The van der Waals surface area contributed by atoms with Crippen molar-refractivity contribution >= 4 is 23.7 Å². The molecule has 10 nitrogen and oxygen atoms in total. The van der Waals surface area contributed by atoms with Gasteiger partial charge in [0.15, 0.2) is 0 Å². The normalized spacial score (nSPS) is 21.8. The molecule has 1 aromatic rings. The fraction of sp³-hybridized carbons (Fsp3) is 0.545. The number of hydrogen-bond donors (Lipinski definition) is 3. The Hall–Kier alpha value is -2.98. The van der Waals surface area contributed by atoms with E-state index < -0.39 is 35.9 Å². The Morgan fingerprint density at radius 2 is 1.78 bits per heavy atom. The van der Waals surface area contributed by atoms with Crippen LogP contribution in [0.4, 0.5) is 0 Å². The molecule has 2 aliphatic rings. The highest BCUT2D eigenvalue weighted by atomic mass is 16.7. The zero-order valence-corrected chi connectivity index (χ0v) is 18.2. The first kappa shape index (κ1) is 23.7. The number of nitrogens with one attached hydrogen (secondary N) is 2. The predicted octanol–water partition coefficient (Wildman–Crippen LogP) is 0.279. The molecule has 2 heterocycles. The van der Waals surface area contributed by atoms with E-state index in [-0.39, 0.29) is 12.5 Å². The summed E-state index contributed by atoms with van der Waals surface area (Å²) in [6, 6.07) is 7.47. The molecule has 0 bridgehead atoms. The van der Waals surface area contributed by atoms with Crippen molar-refractivity contribution in [3.05, 3.63) is 35.9 Å². The SMILES string of the molecule is C[C@H](NC(=O)[C@@H]1CCCN1OCc1ccccc1)C(=O)NCC(=O)N1CCC[C@H]1C(=O)O. The van der Waals surface area contributed by atoms with Crippen molar-refractivity contribution in [3.8, 4) is 0 Å². The molecule has 174 valence electrons. The summed E-state index contributed by atoms with van der Waals surface area (Å²) in [4.78, 5) is 55.6. The van der Waals surface area contributed by atoms with Gasteiger partial charge in [0.05, 0.1) is 13.2 Å². The Bertz CT molecular complexity index is 833. The number of carbonyl (C=O) groups excluding carboxylic acids is 3. The van der Waals surface area contributed by atoms with E-state index in [1.165, 1.54) is 11.8 Å². The van der Waals surface area contributed by atoms with Crippen LogP contribution in [0.5, 0.6) is 0 Å². The van der Waals surface area contributed by atoms with E-state index in [1.54, 1.807) is 5.06 Å². The molecule has 0 saturated carbocycles. The third kappa shape index (κ3) is 6.04. The van der Waals surface area contributed by atoms with Gasteiger partial charge in [-0.3, -0.25) is 19.2 Å². The number of likely N-dealkylation sites (tertiary alicyclic amines) is 1. The molecule has 3 rings (SSSR count). The number of aliphatic carboxylic acids is 1. The number of amides is 3. The molecule has 0 radical (unpaired) electrons. The van der Waals surface area contributed by atoms with Gasteiger partial charge < -0.3 is 20.6 Å². The number of carboxylic acid groups (broad SMARTS) is 1. The summed E-state index contributed by atoms with van der Waals surface area (Å²) in [6.07, 6.45) is 2.46. The summed E-state index contributed by atoms with van der Waals surface area (Å²) in [5, 5.41) is 16.0. The maximum absolute atomic E-state index is 12.7. The van der Waals surface area contributed by atoms with E-state index in [4.69, 9.17) is 4.84 Å². The third-order valence-corrected chi connectivity index (χ3v) is 5.77. The van der Waals surface area contributed by atoms with Crippen LogP contribution in [-0.2, 0) is 30.6 Å². The molecule has 32 heavy (non-hydrogen) atoms. The molecule has 2 saturated heterocycles. The Morgan fingerprint density at radius 3 is 2.50 bits per heavy atom. The number of benzene rings is 1. The van der Waals surface area contributed by atoms with Crippen molar-refractivity contribution in [2.75, 3.05) is 19.6 Å². The topological polar surface area (TPSA) is 128 Å². The summed E-state index contributed by atoms with van der Waals surface area (Å²) in [5.74, 6) is -2.31. The van der Waals surface area contributed by atoms with Crippen LogP contribution in [0.2, 0.25) is 0 Å². The van der Waals surface area contributed by atoms with Gasteiger partial charge in [-0.25, -0.2) is 4.79 Å². The highest BCUT2D eigenvalue weighted by Gasteiger charge is 2.35. The van der Waals surface area contributed by atoms with E-state index in [0.717, 1.165) is 12.0 Å². The average molecular weight is 447 g/mol. The zero-order chi connectivity index (χ0) is 23.1. The van der Waals surface area contributed by atoms with Gasteiger partial charge >= 0.3 is 5.97 Å². The van der Waals surface area contributed by atoms with Gasteiger partial charge in [0, 0.05) is 13.1 Å². The van der Waals surface area contributed by atoms with Crippen LogP contribution >= 0.6 is 0 Å². The molecule has 0 unspecified atom stereocenters. The first-order chi connectivity index (χ1) is 15.4. The minimum Gasteiger partial charge on any atom is -0.480 e. The van der Waals surface area contributed by atoms with Crippen molar-refractivity contribution in [2.45, 2.75) is 57.3 Å². The number of hydrogen-bond acceptors (Lipinski definition) is 6. The monoisotopic (exact) mass is 446 g/mol. The van der Waals surface area contributed by atoms with Gasteiger partial charge in [0.2, 0.25) is 17.7 Å². The van der Waals surface area contributed by atoms with Crippen LogP contribution < -0.4 is 10.6 Å². The molecule has 2 fully saturated rings. The van der Waals surface area contributed by atoms with Gasteiger partial charge in [-0.15, -0.1) is 0 Å². The summed E-state index contributed by atoms with van der Waals surface area (Å²) in [6.45, 7) is 2.58. The van der Waals surface area contributed by atoms with E-state index in [2.05, 4.69) is 10.6 Å². The lowest BCUT2D eigenvalue weighted by Gasteiger charge is -2.25. The fourth-order valence-electron chi connectivity index (χ4n) is 4.00. The number of carboxylic acids is 1. The summed E-state index contributed by atoms with van der Waals surface area (Å²) >= 11 is 0. The van der Waals surface area contributed by atoms with Gasteiger partial charge in [0.25, 0.3) is 0 Å². The number of carbonyl (C=O) groups is 4. The zero-order valence-electron chi connectivity index (χ0n) is 18.2. The lowest BCUT2D eigenvalue weighted by molar-refractivity contribution is -0.184. The largest absolute Gasteiger partial charge is 0.480 e. The number of rotatable bonds is 9. The average Bonchev–Trinajstić information content (AvgIpc) is 3.46. The van der Waals surface area contributed by atoms with E-state index in [0.29, 0.717) is 39.0 Å². The highest BCUT2D eigenvalue weighted by molar-refractivity contribution is 5.92. The third-order valence-electron chi connectivity index (χ3n) is 5.77. The molecule has 0 aromatic heterocycles. The smallest absolute Gasteiger partial charge is 0.326 e. The van der Waals surface area contributed by atoms with Crippen molar-refractivity contribution < 1.29 is 29.1 Å². The molecule has 3 N–H and O–H groups in total. The first-order valence-corrected chi connectivity index (χ1v) is 10.9. The van der Waals surface area contributed by atoms with E-state index >= 15 is 0 Å². The van der Waals surface area contributed by atoms with E-state index in [9.17, 15) is 24.3 Å². The van der Waals surface area contributed by atoms with Crippen LogP contribution in [0.3, 0.4) is 0 Å². The van der Waals surface area contributed by atoms with Gasteiger partial charge in [0.1, 0.15) is 18.1 Å². The van der Waals surface area contributed by atoms with Crippen molar-refractivity contribution in [1.82, 2.24) is 20.6 Å².